The number of hydrogen-bond acceptors (Lipinski definition) is 5. The largest absolute Gasteiger partial charge is 0.497 e. The third-order valence-corrected chi connectivity index (χ3v) is 7.63. The molecule has 154 valence electrons. The summed E-state index contributed by atoms with van der Waals surface area (Å²) in [6.45, 7) is 1.39. The first-order valence-corrected chi connectivity index (χ1v) is 11.3. The second-order valence-corrected chi connectivity index (χ2v) is 9.52. The van der Waals surface area contributed by atoms with Gasteiger partial charge in [0.1, 0.15) is 9.96 Å². The van der Waals surface area contributed by atoms with E-state index in [9.17, 15) is 8.42 Å². The summed E-state index contributed by atoms with van der Waals surface area (Å²) in [5.74, 6) is 1.33. The van der Waals surface area contributed by atoms with Crippen LogP contribution in [-0.2, 0) is 16.4 Å². The Hall–Kier alpha value is -1.81. The van der Waals surface area contributed by atoms with Gasteiger partial charge in [0.15, 0.2) is 5.96 Å². The summed E-state index contributed by atoms with van der Waals surface area (Å²) >= 11 is 7.46. The Morgan fingerprint density at radius 3 is 2.64 bits per heavy atom. The number of nitrogens with zero attached hydrogens (tertiary/aromatic N) is 2. The summed E-state index contributed by atoms with van der Waals surface area (Å²) in [4.78, 5) is 4.15. The van der Waals surface area contributed by atoms with Crippen LogP contribution >= 0.6 is 22.9 Å². The van der Waals surface area contributed by atoms with Crippen LogP contribution < -0.4 is 15.4 Å². The zero-order valence-corrected chi connectivity index (χ0v) is 18.5. The van der Waals surface area contributed by atoms with E-state index in [4.69, 9.17) is 16.3 Å². The van der Waals surface area contributed by atoms with Crippen LogP contribution in [0.5, 0.6) is 5.75 Å². The Balaban J connectivity index is 1.77. The summed E-state index contributed by atoms with van der Waals surface area (Å²) in [5, 5.41) is 8.72. The fourth-order valence-corrected chi connectivity index (χ4v) is 5.05. The maximum Gasteiger partial charge on any atom is 0.252 e. The third kappa shape index (κ3) is 6.10. The summed E-state index contributed by atoms with van der Waals surface area (Å²) in [6.07, 6.45) is 0.718. The van der Waals surface area contributed by atoms with Gasteiger partial charge in [-0.25, -0.2) is 8.42 Å². The Kier molecular flexibility index (Phi) is 8.56. The van der Waals surface area contributed by atoms with Gasteiger partial charge in [0.2, 0.25) is 0 Å². The van der Waals surface area contributed by atoms with E-state index >= 15 is 0 Å². The molecule has 2 rings (SSSR count). The number of ether oxygens (including phenoxy) is 1. The molecule has 10 heteroatoms. The molecule has 2 N–H and O–H groups in total. The molecule has 0 spiro atoms. The van der Waals surface area contributed by atoms with Crippen molar-refractivity contribution in [1.29, 1.82) is 0 Å². The molecule has 1 heterocycles. The lowest BCUT2D eigenvalue weighted by Gasteiger charge is -2.18. The van der Waals surface area contributed by atoms with E-state index in [-0.39, 0.29) is 0 Å². The van der Waals surface area contributed by atoms with Crippen LogP contribution in [0.25, 0.3) is 0 Å². The van der Waals surface area contributed by atoms with E-state index in [2.05, 4.69) is 15.6 Å². The number of nitrogens with one attached hydrogen (secondary N) is 2. The number of benzene rings is 1. The van der Waals surface area contributed by atoms with E-state index in [0.29, 0.717) is 34.8 Å². The highest BCUT2D eigenvalue weighted by Gasteiger charge is 2.21. The first kappa shape index (κ1) is 22.5. The smallest absolute Gasteiger partial charge is 0.252 e. The van der Waals surface area contributed by atoms with Gasteiger partial charge in [-0.2, -0.15) is 4.31 Å². The molecule has 0 saturated carbocycles. The predicted octanol–water partition coefficient (Wildman–Crippen LogP) is 2.44. The van der Waals surface area contributed by atoms with Gasteiger partial charge >= 0.3 is 0 Å². The van der Waals surface area contributed by atoms with Gasteiger partial charge in [0.05, 0.1) is 7.11 Å². The Bertz CT molecular complexity index is 886. The average molecular weight is 445 g/mol. The lowest BCUT2D eigenvalue weighted by Crippen LogP contribution is -2.42. The SMILES string of the molecule is CN=C(NCCc1ccc(OC)cc1Cl)NCCN(C)S(=O)(=O)c1cccs1. The van der Waals surface area contributed by atoms with E-state index in [0.717, 1.165) is 17.7 Å². The standard InChI is InChI=1S/C18H25ClN4O3S2/c1-20-18(21-9-8-14-6-7-15(26-3)13-16(14)19)22-10-11-23(2)28(24,25)17-5-4-12-27-17/h4-7,12-13H,8-11H2,1-3H3,(H2,20,21,22). The molecule has 0 saturated heterocycles. The van der Waals surface area contributed by atoms with Crippen LogP contribution in [0.3, 0.4) is 0 Å². The van der Waals surface area contributed by atoms with Crippen LogP contribution in [0.4, 0.5) is 0 Å². The quantitative estimate of drug-likeness (QED) is 0.458. The molecule has 0 bridgehead atoms. The minimum Gasteiger partial charge on any atom is -0.497 e. The van der Waals surface area contributed by atoms with Crippen molar-refractivity contribution in [2.45, 2.75) is 10.6 Å². The van der Waals surface area contributed by atoms with Gasteiger partial charge in [-0.1, -0.05) is 23.7 Å². The molecule has 0 fully saturated rings. The molecule has 1 aromatic carbocycles. The second-order valence-electron chi connectivity index (χ2n) is 5.89. The van der Waals surface area contributed by atoms with Crippen LogP contribution in [0, 0.1) is 0 Å². The fraction of sp³-hybridized carbons (Fsp3) is 0.389. The zero-order valence-electron chi connectivity index (χ0n) is 16.1. The molecule has 2 aromatic rings. The number of sulfonamides is 1. The number of thiophene rings is 1. The molecule has 0 aliphatic heterocycles. The highest BCUT2D eigenvalue weighted by Crippen LogP contribution is 2.22. The molecule has 0 aliphatic carbocycles. The van der Waals surface area contributed by atoms with E-state index in [1.54, 1.807) is 44.8 Å². The number of likely N-dealkylation sites (N-methyl/N-ethyl adjacent to an activating group) is 1. The van der Waals surface area contributed by atoms with Crippen molar-refractivity contribution in [3.05, 3.63) is 46.3 Å². The molecular weight excluding hydrogens is 420 g/mol. The average Bonchev–Trinajstić information content (AvgIpc) is 3.23. The molecule has 0 atom stereocenters. The van der Waals surface area contributed by atoms with Crippen LogP contribution in [-0.4, -0.2) is 59.5 Å². The summed E-state index contributed by atoms with van der Waals surface area (Å²) < 4.78 is 31.6. The summed E-state index contributed by atoms with van der Waals surface area (Å²) in [6, 6.07) is 8.93. The highest BCUT2D eigenvalue weighted by molar-refractivity contribution is 7.91. The molecule has 7 nitrogen and oxygen atoms in total. The Labute approximate surface area is 175 Å². The van der Waals surface area contributed by atoms with Crippen molar-refractivity contribution in [3.63, 3.8) is 0 Å². The number of guanidine groups is 1. The zero-order chi connectivity index (χ0) is 20.6. The first-order chi connectivity index (χ1) is 13.4. The topological polar surface area (TPSA) is 83.0 Å². The molecule has 28 heavy (non-hydrogen) atoms. The van der Waals surface area contributed by atoms with Gasteiger partial charge in [-0.05, 0) is 35.6 Å². The van der Waals surface area contributed by atoms with Crippen molar-refractivity contribution in [1.82, 2.24) is 14.9 Å². The number of methoxy groups -OCH3 is 1. The van der Waals surface area contributed by atoms with Gasteiger partial charge in [-0.3, -0.25) is 4.99 Å². The Morgan fingerprint density at radius 1 is 1.29 bits per heavy atom. The minimum atomic E-state index is -3.44. The molecule has 0 unspecified atom stereocenters. The second kappa shape index (κ2) is 10.7. The van der Waals surface area contributed by atoms with Crippen molar-refractivity contribution in [2.75, 3.05) is 40.8 Å². The van der Waals surface area contributed by atoms with Crippen molar-refractivity contribution < 1.29 is 13.2 Å². The monoisotopic (exact) mass is 444 g/mol. The first-order valence-electron chi connectivity index (χ1n) is 8.65. The molecule has 0 amide bonds. The molecule has 0 radical (unpaired) electrons. The van der Waals surface area contributed by atoms with Gasteiger partial charge in [0.25, 0.3) is 10.0 Å². The third-order valence-electron chi connectivity index (χ3n) is 4.05. The van der Waals surface area contributed by atoms with Crippen LogP contribution in [0.1, 0.15) is 5.56 Å². The van der Waals surface area contributed by atoms with Crippen LogP contribution in [0.2, 0.25) is 5.02 Å². The van der Waals surface area contributed by atoms with E-state index in [1.165, 1.54) is 15.6 Å². The molecular formula is C18H25ClN4O3S2. The lowest BCUT2D eigenvalue weighted by atomic mass is 10.1. The lowest BCUT2D eigenvalue weighted by molar-refractivity contribution is 0.414. The van der Waals surface area contributed by atoms with Crippen molar-refractivity contribution >= 4 is 38.9 Å². The summed E-state index contributed by atoms with van der Waals surface area (Å²) in [5.41, 5.74) is 1.01. The number of halogens is 1. The fourth-order valence-electron chi connectivity index (χ4n) is 2.41. The Morgan fingerprint density at radius 2 is 2.04 bits per heavy atom. The van der Waals surface area contributed by atoms with Crippen molar-refractivity contribution in [2.24, 2.45) is 4.99 Å². The van der Waals surface area contributed by atoms with E-state index < -0.39 is 10.0 Å². The van der Waals surface area contributed by atoms with Gasteiger partial charge in [-0.15, -0.1) is 11.3 Å². The maximum absolute atomic E-state index is 12.4. The number of aliphatic imine (C=N–C) groups is 1. The normalized spacial score (nSPS) is 12.2. The number of hydrogen-bond donors (Lipinski definition) is 2. The van der Waals surface area contributed by atoms with Crippen LogP contribution in [0.15, 0.2) is 44.9 Å². The predicted molar refractivity (Wildman–Crippen MR) is 115 cm³/mol. The number of rotatable bonds is 9. The molecule has 1 aromatic heterocycles. The highest BCUT2D eigenvalue weighted by atomic mass is 35.5. The molecule has 0 aliphatic rings. The van der Waals surface area contributed by atoms with E-state index in [1.807, 2.05) is 12.1 Å². The van der Waals surface area contributed by atoms with Crippen molar-refractivity contribution in [3.8, 4) is 5.75 Å². The van der Waals surface area contributed by atoms with Gasteiger partial charge in [0, 0.05) is 38.8 Å². The summed E-state index contributed by atoms with van der Waals surface area (Å²) in [7, 11) is 1.40. The van der Waals surface area contributed by atoms with Gasteiger partial charge < -0.3 is 15.4 Å². The maximum atomic E-state index is 12.4. The minimum absolute atomic E-state index is 0.325.